The van der Waals surface area contributed by atoms with E-state index in [1.54, 1.807) is 0 Å². The van der Waals surface area contributed by atoms with Crippen LogP contribution in [0.4, 0.5) is 0 Å². The molecule has 1 nitrogen and oxygen atoms in total. The molecule has 1 heteroatoms. The third-order valence-corrected chi connectivity index (χ3v) is 3.92. The summed E-state index contributed by atoms with van der Waals surface area (Å²) in [6.45, 7) is 4.65. The van der Waals surface area contributed by atoms with Crippen molar-refractivity contribution in [1.82, 2.24) is 0 Å². The Labute approximate surface area is 68.2 Å². The zero-order valence-electron chi connectivity index (χ0n) is 7.39. The fourth-order valence-corrected chi connectivity index (χ4v) is 2.67. The van der Waals surface area contributed by atoms with Crippen LogP contribution in [0.15, 0.2) is 0 Å². The standard InChI is InChI=1S/C10H16O/c1-10(2)7-3-4-9(11)6-8(10)5-7/h7-8H,3-6H2,1-2H3/t7-,8-/m0/s1. The van der Waals surface area contributed by atoms with Gasteiger partial charge in [-0.2, -0.15) is 0 Å². The lowest BCUT2D eigenvalue weighted by molar-refractivity contribution is -0.120. The molecule has 3 aliphatic carbocycles. The molecular weight excluding hydrogens is 136 g/mol. The van der Waals surface area contributed by atoms with Gasteiger partial charge >= 0.3 is 0 Å². The first-order chi connectivity index (χ1) is 5.10. The number of carbonyl (C=O) groups excluding carboxylic acids is 1. The number of fused-ring (bicyclic) bond motifs is 3. The predicted molar refractivity (Wildman–Crippen MR) is 44.2 cm³/mol. The van der Waals surface area contributed by atoms with Gasteiger partial charge in [-0.3, -0.25) is 4.79 Å². The SMILES string of the molecule is CC1(C)[C@@H]2CC(=O)CC[C@H]1C2. The molecule has 0 aromatic carbocycles. The molecular formula is C10H16O. The second-order valence-corrected chi connectivity index (χ2v) is 4.73. The molecule has 0 aliphatic heterocycles. The third kappa shape index (κ3) is 0.935. The molecule has 0 amide bonds. The van der Waals surface area contributed by atoms with Gasteiger partial charge in [0, 0.05) is 12.8 Å². The van der Waals surface area contributed by atoms with Gasteiger partial charge in [-0.15, -0.1) is 0 Å². The molecule has 3 fully saturated rings. The highest BCUT2D eigenvalue weighted by molar-refractivity contribution is 5.79. The van der Waals surface area contributed by atoms with Gasteiger partial charge in [0.15, 0.2) is 0 Å². The van der Waals surface area contributed by atoms with Crippen molar-refractivity contribution in [2.45, 2.75) is 39.5 Å². The van der Waals surface area contributed by atoms with Crippen molar-refractivity contribution in [2.24, 2.45) is 17.3 Å². The van der Waals surface area contributed by atoms with Crippen molar-refractivity contribution in [3.8, 4) is 0 Å². The molecule has 0 aromatic rings. The van der Waals surface area contributed by atoms with E-state index in [-0.39, 0.29) is 0 Å². The van der Waals surface area contributed by atoms with Crippen LogP contribution in [-0.2, 0) is 4.79 Å². The highest BCUT2D eigenvalue weighted by atomic mass is 16.1. The zero-order chi connectivity index (χ0) is 8.06. The van der Waals surface area contributed by atoms with Gasteiger partial charge in [0.1, 0.15) is 5.78 Å². The van der Waals surface area contributed by atoms with Crippen molar-refractivity contribution in [3.63, 3.8) is 0 Å². The summed E-state index contributed by atoms with van der Waals surface area (Å²) in [5.74, 6) is 2.06. The molecule has 0 N–H and O–H groups in total. The summed E-state index contributed by atoms with van der Waals surface area (Å²) in [6.07, 6.45) is 4.19. The number of rotatable bonds is 0. The summed E-state index contributed by atoms with van der Waals surface area (Å²) in [4.78, 5) is 11.2. The molecule has 2 bridgehead atoms. The van der Waals surface area contributed by atoms with Crippen molar-refractivity contribution < 1.29 is 4.79 Å². The van der Waals surface area contributed by atoms with E-state index in [0.29, 0.717) is 17.1 Å². The van der Waals surface area contributed by atoms with E-state index in [4.69, 9.17) is 0 Å². The second kappa shape index (κ2) is 2.09. The molecule has 2 atom stereocenters. The van der Waals surface area contributed by atoms with Crippen LogP contribution in [0.2, 0.25) is 0 Å². The molecule has 3 rings (SSSR count). The zero-order valence-corrected chi connectivity index (χ0v) is 7.39. The normalized spacial score (nSPS) is 41.1. The lowest BCUT2D eigenvalue weighted by Crippen LogP contribution is -2.43. The minimum Gasteiger partial charge on any atom is -0.300 e. The maximum Gasteiger partial charge on any atom is 0.133 e. The first kappa shape index (κ1) is 7.33. The smallest absolute Gasteiger partial charge is 0.133 e. The Hall–Kier alpha value is -0.330. The van der Waals surface area contributed by atoms with E-state index in [9.17, 15) is 4.79 Å². The van der Waals surface area contributed by atoms with E-state index in [1.807, 2.05) is 0 Å². The molecule has 3 aliphatic rings. The van der Waals surface area contributed by atoms with Gasteiger partial charge in [0.05, 0.1) is 0 Å². The summed E-state index contributed by atoms with van der Waals surface area (Å²) in [5.41, 5.74) is 0.478. The van der Waals surface area contributed by atoms with Crippen molar-refractivity contribution >= 4 is 5.78 Å². The van der Waals surface area contributed by atoms with E-state index in [0.717, 1.165) is 25.2 Å². The minimum atomic E-state index is 0.478. The van der Waals surface area contributed by atoms with Gasteiger partial charge in [-0.05, 0) is 30.1 Å². The quantitative estimate of drug-likeness (QED) is 0.521. The molecule has 0 heterocycles. The fraction of sp³-hybridized carbons (Fsp3) is 0.900. The maximum atomic E-state index is 11.2. The average Bonchev–Trinajstić information content (AvgIpc) is 2.17. The molecule has 0 unspecified atom stereocenters. The van der Waals surface area contributed by atoms with Gasteiger partial charge < -0.3 is 0 Å². The van der Waals surface area contributed by atoms with E-state index in [1.165, 1.54) is 6.42 Å². The number of Topliss-reactive ketones (excluding diaryl/α,β-unsaturated/α-hetero) is 1. The lowest BCUT2D eigenvalue weighted by Gasteiger charge is -2.50. The van der Waals surface area contributed by atoms with Gasteiger partial charge in [-0.1, -0.05) is 13.8 Å². The van der Waals surface area contributed by atoms with E-state index >= 15 is 0 Å². The number of hydrogen-bond donors (Lipinski definition) is 0. The van der Waals surface area contributed by atoms with Crippen LogP contribution in [-0.4, -0.2) is 5.78 Å². The summed E-state index contributed by atoms with van der Waals surface area (Å²) in [7, 11) is 0. The average molecular weight is 152 g/mol. The Morgan fingerprint density at radius 3 is 2.73 bits per heavy atom. The lowest BCUT2D eigenvalue weighted by atomic mass is 9.54. The third-order valence-electron chi connectivity index (χ3n) is 3.92. The highest BCUT2D eigenvalue weighted by Crippen LogP contribution is 2.56. The molecule has 0 spiro atoms. The fourth-order valence-electron chi connectivity index (χ4n) is 2.67. The van der Waals surface area contributed by atoms with E-state index < -0.39 is 0 Å². The number of ketones is 1. The molecule has 62 valence electrons. The van der Waals surface area contributed by atoms with Crippen molar-refractivity contribution in [2.75, 3.05) is 0 Å². The Morgan fingerprint density at radius 2 is 2.09 bits per heavy atom. The summed E-state index contributed by atoms with van der Waals surface area (Å²) in [6, 6.07) is 0. The monoisotopic (exact) mass is 152 g/mol. The topological polar surface area (TPSA) is 17.1 Å². The van der Waals surface area contributed by atoms with Crippen molar-refractivity contribution in [1.29, 1.82) is 0 Å². The van der Waals surface area contributed by atoms with Crippen LogP contribution >= 0.6 is 0 Å². The Balaban J connectivity index is 2.17. The predicted octanol–water partition coefficient (Wildman–Crippen LogP) is 2.40. The van der Waals surface area contributed by atoms with Crippen LogP contribution in [0.1, 0.15) is 39.5 Å². The largest absolute Gasteiger partial charge is 0.300 e. The minimum absolute atomic E-state index is 0.478. The number of carbonyl (C=O) groups is 1. The Kier molecular flexibility index (Phi) is 1.39. The van der Waals surface area contributed by atoms with Crippen LogP contribution < -0.4 is 0 Å². The van der Waals surface area contributed by atoms with Crippen LogP contribution in [0, 0.1) is 17.3 Å². The Morgan fingerprint density at radius 1 is 1.36 bits per heavy atom. The van der Waals surface area contributed by atoms with Gasteiger partial charge in [-0.25, -0.2) is 0 Å². The van der Waals surface area contributed by atoms with Crippen LogP contribution in [0.3, 0.4) is 0 Å². The molecule has 0 aromatic heterocycles. The van der Waals surface area contributed by atoms with Gasteiger partial charge in [0.2, 0.25) is 0 Å². The maximum absolute atomic E-state index is 11.2. The van der Waals surface area contributed by atoms with Gasteiger partial charge in [0.25, 0.3) is 0 Å². The Bertz CT molecular complexity index is 193. The first-order valence-corrected chi connectivity index (χ1v) is 4.62. The summed E-state index contributed by atoms with van der Waals surface area (Å²) < 4.78 is 0. The highest BCUT2D eigenvalue weighted by Gasteiger charge is 2.49. The second-order valence-electron chi connectivity index (χ2n) is 4.73. The van der Waals surface area contributed by atoms with E-state index in [2.05, 4.69) is 13.8 Å². The molecule has 11 heavy (non-hydrogen) atoms. The van der Waals surface area contributed by atoms with Crippen LogP contribution in [0.25, 0.3) is 0 Å². The summed E-state index contributed by atoms with van der Waals surface area (Å²) >= 11 is 0. The molecule has 0 saturated heterocycles. The number of hydrogen-bond acceptors (Lipinski definition) is 1. The van der Waals surface area contributed by atoms with Crippen molar-refractivity contribution in [3.05, 3.63) is 0 Å². The molecule has 0 radical (unpaired) electrons. The first-order valence-electron chi connectivity index (χ1n) is 4.62. The van der Waals surface area contributed by atoms with Crippen LogP contribution in [0.5, 0.6) is 0 Å². The summed E-state index contributed by atoms with van der Waals surface area (Å²) in [5, 5.41) is 0. The molecule has 3 saturated carbocycles.